The molecule has 7 heteroatoms. The van der Waals surface area contributed by atoms with Crippen molar-refractivity contribution in [2.45, 2.75) is 25.1 Å². The van der Waals surface area contributed by atoms with Crippen LogP contribution in [0.3, 0.4) is 0 Å². The van der Waals surface area contributed by atoms with E-state index in [0.29, 0.717) is 6.54 Å². The maximum absolute atomic E-state index is 12.0. The summed E-state index contributed by atoms with van der Waals surface area (Å²) in [7, 11) is 0. The number of rotatable bonds is 3. The van der Waals surface area contributed by atoms with Crippen molar-refractivity contribution in [3.05, 3.63) is 34.3 Å². The van der Waals surface area contributed by atoms with E-state index in [2.05, 4.69) is 21.2 Å². The Hall–Kier alpha value is -1.60. The van der Waals surface area contributed by atoms with Gasteiger partial charge in [-0.15, -0.1) is 0 Å². The molecule has 0 aromatic heterocycles. The SMILES string of the molecule is O=C(O)C1CC(O)CN1C(=O)NCc1ccccc1Br. The lowest BCUT2D eigenvalue weighted by atomic mass is 10.2. The third-order valence-electron chi connectivity index (χ3n) is 3.21. The van der Waals surface area contributed by atoms with Crippen molar-refractivity contribution in [1.29, 1.82) is 0 Å². The first-order valence-corrected chi connectivity index (χ1v) is 6.97. The molecule has 0 radical (unpaired) electrons. The maximum atomic E-state index is 12.0. The van der Waals surface area contributed by atoms with Gasteiger partial charge in [0, 0.05) is 24.0 Å². The Labute approximate surface area is 124 Å². The average Bonchev–Trinajstić information content (AvgIpc) is 2.80. The summed E-state index contributed by atoms with van der Waals surface area (Å²) in [5.41, 5.74) is 0.896. The van der Waals surface area contributed by atoms with E-state index >= 15 is 0 Å². The Morgan fingerprint density at radius 3 is 2.75 bits per heavy atom. The van der Waals surface area contributed by atoms with Crippen molar-refractivity contribution in [1.82, 2.24) is 10.2 Å². The van der Waals surface area contributed by atoms with Crippen molar-refractivity contribution >= 4 is 27.9 Å². The number of aliphatic carboxylic acids is 1. The molecule has 0 aliphatic carbocycles. The number of nitrogens with zero attached hydrogens (tertiary/aromatic N) is 1. The minimum atomic E-state index is -1.10. The van der Waals surface area contributed by atoms with Crippen LogP contribution >= 0.6 is 15.9 Å². The molecular weight excluding hydrogens is 328 g/mol. The monoisotopic (exact) mass is 342 g/mol. The van der Waals surface area contributed by atoms with Gasteiger partial charge >= 0.3 is 12.0 Å². The minimum Gasteiger partial charge on any atom is -0.480 e. The van der Waals surface area contributed by atoms with Crippen LogP contribution in [0.1, 0.15) is 12.0 Å². The molecule has 1 aliphatic heterocycles. The molecule has 1 heterocycles. The van der Waals surface area contributed by atoms with Crippen LogP contribution in [0.4, 0.5) is 4.79 Å². The van der Waals surface area contributed by atoms with Crippen LogP contribution in [-0.2, 0) is 11.3 Å². The molecule has 108 valence electrons. The zero-order valence-electron chi connectivity index (χ0n) is 10.6. The number of aliphatic hydroxyl groups is 1. The number of benzene rings is 1. The van der Waals surface area contributed by atoms with E-state index in [1.165, 1.54) is 0 Å². The summed E-state index contributed by atoms with van der Waals surface area (Å²) in [6.07, 6.45) is -0.720. The molecule has 20 heavy (non-hydrogen) atoms. The van der Waals surface area contributed by atoms with Gasteiger partial charge in [-0.1, -0.05) is 34.1 Å². The van der Waals surface area contributed by atoms with E-state index in [9.17, 15) is 14.7 Å². The average molecular weight is 343 g/mol. The van der Waals surface area contributed by atoms with Crippen LogP contribution in [0.2, 0.25) is 0 Å². The van der Waals surface area contributed by atoms with Gasteiger partial charge in [-0.2, -0.15) is 0 Å². The normalized spacial score (nSPS) is 21.8. The fourth-order valence-corrected chi connectivity index (χ4v) is 2.61. The van der Waals surface area contributed by atoms with Crippen molar-refractivity contribution < 1.29 is 19.8 Å². The van der Waals surface area contributed by atoms with Crippen LogP contribution < -0.4 is 5.32 Å². The van der Waals surface area contributed by atoms with Gasteiger partial charge in [0.2, 0.25) is 0 Å². The van der Waals surface area contributed by atoms with Gasteiger partial charge in [0.15, 0.2) is 0 Å². The highest BCUT2D eigenvalue weighted by molar-refractivity contribution is 9.10. The molecule has 2 amide bonds. The number of aliphatic hydroxyl groups excluding tert-OH is 1. The number of carbonyl (C=O) groups is 2. The molecule has 1 aromatic carbocycles. The Morgan fingerprint density at radius 2 is 2.10 bits per heavy atom. The highest BCUT2D eigenvalue weighted by Crippen LogP contribution is 2.19. The Morgan fingerprint density at radius 1 is 1.40 bits per heavy atom. The van der Waals surface area contributed by atoms with Gasteiger partial charge in [0.25, 0.3) is 0 Å². The van der Waals surface area contributed by atoms with Gasteiger partial charge < -0.3 is 20.4 Å². The van der Waals surface area contributed by atoms with Crippen molar-refractivity contribution in [3.8, 4) is 0 Å². The number of urea groups is 1. The lowest BCUT2D eigenvalue weighted by molar-refractivity contribution is -0.141. The second-order valence-corrected chi connectivity index (χ2v) is 5.50. The largest absolute Gasteiger partial charge is 0.480 e. The lowest BCUT2D eigenvalue weighted by Crippen LogP contribution is -2.45. The van der Waals surface area contributed by atoms with Crippen molar-refractivity contribution in [3.63, 3.8) is 0 Å². The van der Waals surface area contributed by atoms with E-state index in [-0.39, 0.29) is 13.0 Å². The fourth-order valence-electron chi connectivity index (χ4n) is 2.19. The summed E-state index contributed by atoms with van der Waals surface area (Å²) >= 11 is 3.38. The third kappa shape index (κ3) is 3.29. The summed E-state index contributed by atoms with van der Waals surface area (Å²) < 4.78 is 0.872. The standard InChI is InChI=1S/C13H15BrN2O4/c14-10-4-2-1-3-8(10)6-15-13(20)16-7-9(17)5-11(16)12(18)19/h1-4,9,11,17H,5-7H2,(H,15,20)(H,18,19). The van der Waals surface area contributed by atoms with Gasteiger partial charge in [-0.05, 0) is 11.6 Å². The molecule has 1 aliphatic rings. The Balaban J connectivity index is 1.98. The number of carboxylic acids is 1. The summed E-state index contributed by atoms with van der Waals surface area (Å²) in [6.45, 7) is 0.331. The third-order valence-corrected chi connectivity index (χ3v) is 3.99. The van der Waals surface area contributed by atoms with E-state index < -0.39 is 24.1 Å². The second-order valence-electron chi connectivity index (χ2n) is 4.65. The topological polar surface area (TPSA) is 89.9 Å². The highest BCUT2D eigenvalue weighted by atomic mass is 79.9. The van der Waals surface area contributed by atoms with Crippen LogP contribution in [0.5, 0.6) is 0 Å². The van der Waals surface area contributed by atoms with E-state index in [0.717, 1.165) is 14.9 Å². The van der Waals surface area contributed by atoms with Crippen molar-refractivity contribution in [2.75, 3.05) is 6.54 Å². The molecule has 1 aromatic rings. The number of halogens is 1. The number of nitrogens with one attached hydrogen (secondary N) is 1. The van der Waals surface area contributed by atoms with Crippen LogP contribution in [-0.4, -0.2) is 45.8 Å². The number of hydrogen-bond donors (Lipinski definition) is 3. The Kier molecular flexibility index (Phi) is 4.61. The first-order valence-electron chi connectivity index (χ1n) is 6.17. The summed E-state index contributed by atoms with van der Waals surface area (Å²) in [4.78, 5) is 24.2. The molecule has 2 rings (SSSR count). The molecular formula is C13H15BrN2O4. The van der Waals surface area contributed by atoms with E-state index in [1.54, 1.807) is 0 Å². The van der Waals surface area contributed by atoms with Gasteiger partial charge in [-0.3, -0.25) is 0 Å². The van der Waals surface area contributed by atoms with Gasteiger partial charge in [0.05, 0.1) is 6.10 Å². The fraction of sp³-hybridized carbons (Fsp3) is 0.385. The van der Waals surface area contributed by atoms with Crippen LogP contribution in [0.15, 0.2) is 28.7 Å². The summed E-state index contributed by atoms with van der Waals surface area (Å²) in [5.74, 6) is -1.10. The molecule has 3 N–H and O–H groups in total. The predicted octanol–water partition coefficient (Wildman–Crippen LogP) is 1.18. The second kappa shape index (κ2) is 6.23. The zero-order chi connectivity index (χ0) is 14.7. The van der Waals surface area contributed by atoms with E-state index in [4.69, 9.17) is 5.11 Å². The van der Waals surface area contributed by atoms with Gasteiger partial charge in [-0.25, -0.2) is 9.59 Å². The number of amides is 2. The van der Waals surface area contributed by atoms with Crippen LogP contribution in [0.25, 0.3) is 0 Å². The number of carboxylic acid groups (broad SMARTS) is 1. The molecule has 2 unspecified atom stereocenters. The Bertz CT molecular complexity index is 523. The number of likely N-dealkylation sites (tertiary alicyclic amines) is 1. The lowest BCUT2D eigenvalue weighted by Gasteiger charge is -2.21. The number of hydrogen-bond acceptors (Lipinski definition) is 3. The van der Waals surface area contributed by atoms with Crippen LogP contribution in [0, 0.1) is 0 Å². The first-order chi connectivity index (χ1) is 9.49. The minimum absolute atomic E-state index is 0.0404. The van der Waals surface area contributed by atoms with E-state index in [1.807, 2.05) is 24.3 Å². The molecule has 0 bridgehead atoms. The first kappa shape index (κ1) is 14.8. The molecule has 1 saturated heterocycles. The smallest absolute Gasteiger partial charge is 0.326 e. The summed E-state index contributed by atoms with van der Waals surface area (Å²) in [6, 6.07) is 5.99. The zero-order valence-corrected chi connectivity index (χ0v) is 12.2. The molecule has 2 atom stereocenters. The molecule has 1 fully saturated rings. The molecule has 0 spiro atoms. The number of β-amino-alcohol motifs (C(OH)–C–C–N with tert-alkyl or cyclic N) is 1. The van der Waals surface area contributed by atoms with Gasteiger partial charge in [0.1, 0.15) is 6.04 Å². The molecule has 6 nitrogen and oxygen atoms in total. The quantitative estimate of drug-likeness (QED) is 0.769. The van der Waals surface area contributed by atoms with Crippen molar-refractivity contribution in [2.24, 2.45) is 0 Å². The highest BCUT2D eigenvalue weighted by Gasteiger charge is 2.38. The molecule has 0 saturated carbocycles. The maximum Gasteiger partial charge on any atom is 0.326 e. The predicted molar refractivity (Wildman–Crippen MR) is 75.1 cm³/mol. The summed E-state index contributed by atoms with van der Waals surface area (Å²) in [5, 5.41) is 21.2. The number of carbonyl (C=O) groups excluding carboxylic acids is 1.